The largest absolute Gasteiger partial charge is 0.442 e. The third kappa shape index (κ3) is 6.03. The molecule has 1 aliphatic rings. The lowest BCUT2D eigenvalue weighted by atomic mass is 10.1. The van der Waals surface area contributed by atoms with E-state index in [1.165, 1.54) is 13.0 Å². The minimum absolute atomic E-state index is 0.0394. The zero-order valence-electron chi connectivity index (χ0n) is 23.9. The Morgan fingerprint density at radius 3 is 2.44 bits per heavy atom. The Morgan fingerprint density at radius 1 is 1.05 bits per heavy atom. The van der Waals surface area contributed by atoms with E-state index in [1.54, 1.807) is 18.3 Å². The van der Waals surface area contributed by atoms with Gasteiger partial charge in [-0.3, -0.25) is 9.69 Å². The van der Waals surface area contributed by atoms with Gasteiger partial charge in [-0.1, -0.05) is 6.92 Å². The summed E-state index contributed by atoms with van der Waals surface area (Å²) in [5.74, 6) is -0.420. The molecule has 216 valence electrons. The highest BCUT2D eigenvalue weighted by molar-refractivity contribution is 5.83. The van der Waals surface area contributed by atoms with Gasteiger partial charge in [0.1, 0.15) is 22.9 Å². The minimum atomic E-state index is -0.683. The number of nitrogens with one attached hydrogen (secondary N) is 1. The lowest BCUT2D eigenvalue weighted by Gasteiger charge is -2.38. The molecule has 0 unspecified atom stereocenters. The fraction of sp³-hybridized carbons (Fsp3) is 0.414. The molecule has 5 rings (SSSR count). The number of aryl methyl sites for hydroxylation is 1. The molecule has 12 heteroatoms. The second kappa shape index (κ2) is 11.8. The van der Waals surface area contributed by atoms with Crippen LogP contribution in [0.15, 0.2) is 36.7 Å². The molecule has 0 spiro atoms. The number of halogens is 2. The quantitative estimate of drug-likeness (QED) is 0.296. The van der Waals surface area contributed by atoms with Crippen molar-refractivity contribution in [3.8, 4) is 11.3 Å². The van der Waals surface area contributed by atoms with Gasteiger partial charge in [-0.25, -0.2) is 28.7 Å². The molecule has 4 aromatic rings. The van der Waals surface area contributed by atoms with Gasteiger partial charge >= 0.3 is 5.97 Å². The van der Waals surface area contributed by atoms with Gasteiger partial charge in [0.2, 0.25) is 5.95 Å². The maximum atomic E-state index is 15.0. The Balaban J connectivity index is 1.39. The summed E-state index contributed by atoms with van der Waals surface area (Å²) in [6.07, 6.45) is 2.12. The predicted octanol–water partition coefficient (Wildman–Crippen LogP) is 5.00. The molecule has 1 aromatic carbocycles. The molecular formula is C29H34F2N8O2. The smallest absolute Gasteiger partial charge is 0.304 e. The third-order valence-corrected chi connectivity index (χ3v) is 7.23. The van der Waals surface area contributed by atoms with Crippen LogP contribution in [-0.4, -0.2) is 73.0 Å². The summed E-state index contributed by atoms with van der Waals surface area (Å²) in [4.78, 5) is 33.5. The lowest BCUT2D eigenvalue weighted by molar-refractivity contribution is -0.159. The van der Waals surface area contributed by atoms with Crippen LogP contribution in [0.1, 0.15) is 51.4 Å². The number of hydrogen-bond donors (Lipinski definition) is 1. The number of nitrogens with zero attached hydrogens (tertiary/aromatic N) is 7. The Labute approximate surface area is 237 Å². The van der Waals surface area contributed by atoms with Crippen molar-refractivity contribution in [1.29, 1.82) is 0 Å². The van der Waals surface area contributed by atoms with Crippen molar-refractivity contribution in [1.82, 2.24) is 34.3 Å². The summed E-state index contributed by atoms with van der Waals surface area (Å²) in [7, 11) is 0. The van der Waals surface area contributed by atoms with Crippen molar-refractivity contribution in [2.75, 3.05) is 38.0 Å². The number of ether oxygens (including phenoxy) is 1. The molecule has 1 N–H and O–H groups in total. The normalized spacial score (nSPS) is 15.4. The molecule has 1 fully saturated rings. The number of hydrogen-bond acceptors (Lipinski definition) is 9. The second-order valence-electron chi connectivity index (χ2n) is 10.4. The van der Waals surface area contributed by atoms with Crippen molar-refractivity contribution < 1.29 is 18.3 Å². The van der Waals surface area contributed by atoms with Gasteiger partial charge in [0, 0.05) is 56.5 Å². The summed E-state index contributed by atoms with van der Waals surface area (Å²) in [6, 6.07) is 6.50. The third-order valence-electron chi connectivity index (χ3n) is 7.23. The molecule has 0 saturated carbocycles. The monoisotopic (exact) mass is 564 g/mol. The maximum Gasteiger partial charge on any atom is 0.304 e. The summed E-state index contributed by atoms with van der Waals surface area (Å²) in [6.45, 7) is 13.6. The van der Waals surface area contributed by atoms with E-state index in [2.05, 4.69) is 42.0 Å². The number of fused-ring (bicyclic) bond motifs is 1. The van der Waals surface area contributed by atoms with E-state index < -0.39 is 17.9 Å². The number of aromatic nitrogens is 5. The first-order valence-electron chi connectivity index (χ1n) is 13.7. The molecule has 1 aliphatic heterocycles. The van der Waals surface area contributed by atoms with Crippen molar-refractivity contribution in [2.45, 2.75) is 46.9 Å². The molecule has 0 amide bonds. The number of imidazole rings is 1. The standard InChI is InChI=1S/C29H34F2N8O2/c1-6-37-9-11-38(12-10-37)28(41-19(5)40)20-7-8-25(32-15-20)35-29-33-16-23(31)26(36-29)21-13-22(30)27-24(14-21)39(17(2)3)18(4)34-27/h7-8,13-17,28H,6,9-12H2,1-5H3,(H,32,33,35,36)/t28-/m1/s1. The number of carbonyl (C=O) groups excluding carboxylic acids is 1. The van der Waals surface area contributed by atoms with Crippen molar-refractivity contribution in [3.63, 3.8) is 0 Å². The first-order valence-corrected chi connectivity index (χ1v) is 13.7. The van der Waals surface area contributed by atoms with Crippen LogP contribution in [0.2, 0.25) is 0 Å². The van der Waals surface area contributed by atoms with E-state index in [0.29, 0.717) is 17.2 Å². The number of carbonyl (C=O) groups is 1. The van der Waals surface area contributed by atoms with Crippen LogP contribution in [0.5, 0.6) is 0 Å². The topological polar surface area (TPSA) is 101 Å². The minimum Gasteiger partial charge on any atom is -0.442 e. The highest BCUT2D eigenvalue weighted by Gasteiger charge is 2.27. The van der Waals surface area contributed by atoms with Crippen LogP contribution in [0, 0.1) is 18.6 Å². The molecule has 4 heterocycles. The lowest BCUT2D eigenvalue weighted by Crippen LogP contribution is -2.48. The first-order chi connectivity index (χ1) is 19.6. The molecule has 1 saturated heterocycles. The Kier molecular flexibility index (Phi) is 8.22. The number of likely N-dealkylation sites (N-methyl/N-ethyl adjacent to an activating group) is 1. The number of benzene rings is 1. The Bertz CT molecular complexity index is 1550. The van der Waals surface area contributed by atoms with E-state index in [1.807, 2.05) is 31.4 Å². The molecule has 0 aliphatic carbocycles. The van der Waals surface area contributed by atoms with Gasteiger partial charge in [-0.15, -0.1) is 0 Å². The Morgan fingerprint density at radius 2 is 1.80 bits per heavy atom. The SMILES string of the molecule is CCN1CCN([C@H](OC(C)=O)c2ccc(Nc3ncc(F)c(-c4cc(F)c5nc(C)n(C(C)C)c5c4)n3)nc2)CC1. The van der Waals surface area contributed by atoms with Crippen LogP contribution >= 0.6 is 0 Å². The van der Waals surface area contributed by atoms with Gasteiger partial charge < -0.3 is 19.5 Å². The zero-order chi connectivity index (χ0) is 29.3. The molecule has 1 atom stereocenters. The molecular weight excluding hydrogens is 530 g/mol. The number of rotatable bonds is 8. The van der Waals surface area contributed by atoms with E-state index >= 15 is 4.39 Å². The fourth-order valence-corrected chi connectivity index (χ4v) is 5.25. The van der Waals surface area contributed by atoms with Crippen LogP contribution < -0.4 is 5.32 Å². The van der Waals surface area contributed by atoms with Gasteiger partial charge in [-0.05, 0) is 51.6 Å². The van der Waals surface area contributed by atoms with Crippen molar-refractivity contribution >= 4 is 28.8 Å². The zero-order valence-corrected chi connectivity index (χ0v) is 23.9. The van der Waals surface area contributed by atoms with Gasteiger partial charge in [0.25, 0.3) is 0 Å². The highest BCUT2D eigenvalue weighted by Crippen LogP contribution is 2.31. The summed E-state index contributed by atoms with van der Waals surface area (Å²) >= 11 is 0. The fourth-order valence-electron chi connectivity index (χ4n) is 5.25. The van der Waals surface area contributed by atoms with Crippen LogP contribution in [-0.2, 0) is 9.53 Å². The van der Waals surface area contributed by atoms with Crippen LogP contribution in [0.3, 0.4) is 0 Å². The van der Waals surface area contributed by atoms with Crippen LogP contribution in [0.25, 0.3) is 22.3 Å². The van der Waals surface area contributed by atoms with E-state index in [-0.39, 0.29) is 34.7 Å². The van der Waals surface area contributed by atoms with Gasteiger partial charge in [0.15, 0.2) is 17.9 Å². The number of esters is 1. The van der Waals surface area contributed by atoms with Crippen molar-refractivity contribution in [2.24, 2.45) is 0 Å². The molecule has 3 aromatic heterocycles. The van der Waals surface area contributed by atoms with Crippen LogP contribution in [0.4, 0.5) is 20.5 Å². The number of pyridine rings is 1. The average molecular weight is 565 g/mol. The predicted molar refractivity (Wildman–Crippen MR) is 152 cm³/mol. The maximum absolute atomic E-state index is 15.0. The summed E-state index contributed by atoms with van der Waals surface area (Å²) in [5, 5.41) is 2.99. The number of piperazine rings is 1. The molecule has 41 heavy (non-hydrogen) atoms. The molecule has 0 bridgehead atoms. The van der Waals surface area contributed by atoms with Crippen molar-refractivity contribution in [3.05, 3.63) is 59.7 Å². The van der Waals surface area contributed by atoms with E-state index in [0.717, 1.165) is 44.5 Å². The second-order valence-corrected chi connectivity index (χ2v) is 10.4. The first kappa shape index (κ1) is 28.5. The van der Waals surface area contributed by atoms with E-state index in [9.17, 15) is 9.18 Å². The summed E-state index contributed by atoms with van der Waals surface area (Å²) in [5.41, 5.74) is 1.76. The van der Waals surface area contributed by atoms with E-state index in [4.69, 9.17) is 4.74 Å². The molecule has 0 radical (unpaired) electrons. The van der Waals surface area contributed by atoms with Gasteiger partial charge in [0.05, 0.1) is 11.7 Å². The summed E-state index contributed by atoms with van der Waals surface area (Å²) < 4.78 is 37.5. The highest BCUT2D eigenvalue weighted by atomic mass is 19.1. The Hall–Kier alpha value is -4.03. The molecule has 10 nitrogen and oxygen atoms in total. The van der Waals surface area contributed by atoms with Gasteiger partial charge in [-0.2, -0.15) is 0 Å². The average Bonchev–Trinajstić information content (AvgIpc) is 3.30. The number of anilines is 2.